The van der Waals surface area contributed by atoms with Crippen LogP contribution in [0.1, 0.15) is 21.7 Å². The highest BCUT2D eigenvalue weighted by Crippen LogP contribution is 2.25. The number of benzene rings is 1. The number of amides is 1. The molecule has 1 aromatic carbocycles. The van der Waals surface area contributed by atoms with E-state index < -0.39 is 10.2 Å². The number of nitrogens with zero attached hydrogens (tertiary/aromatic N) is 3. The Bertz CT molecular complexity index is 891. The molecule has 1 saturated heterocycles. The number of carbonyl (C=O) groups is 2. The molecule has 0 spiro atoms. The van der Waals surface area contributed by atoms with Crippen molar-refractivity contribution in [1.29, 1.82) is 0 Å². The summed E-state index contributed by atoms with van der Waals surface area (Å²) in [5.41, 5.74) is 0.629. The molecule has 1 aromatic heterocycles. The Morgan fingerprint density at radius 1 is 1.31 bits per heavy atom. The second kappa shape index (κ2) is 8.02. The lowest BCUT2D eigenvalue weighted by Crippen LogP contribution is -2.26. The molecule has 0 bridgehead atoms. The van der Waals surface area contributed by atoms with Crippen molar-refractivity contribution in [2.45, 2.75) is 11.7 Å². The van der Waals surface area contributed by atoms with Gasteiger partial charge in [-0.2, -0.15) is 5.10 Å². The van der Waals surface area contributed by atoms with E-state index in [2.05, 4.69) is 15.5 Å². The van der Waals surface area contributed by atoms with Crippen LogP contribution in [0.2, 0.25) is 0 Å². The zero-order chi connectivity index (χ0) is 18.5. The molecule has 10 heteroatoms. The molecule has 26 heavy (non-hydrogen) atoms. The fourth-order valence-corrected chi connectivity index (χ4v) is 3.72. The summed E-state index contributed by atoms with van der Waals surface area (Å²) in [6, 6.07) is 9.35. The van der Waals surface area contributed by atoms with Crippen molar-refractivity contribution < 1.29 is 14.5 Å². The Morgan fingerprint density at radius 2 is 2.08 bits per heavy atom. The second-order valence-corrected chi connectivity index (χ2v) is 7.34. The number of nitrogens with one attached hydrogen (secondary N) is 1. The molecule has 2 heterocycles. The molecule has 1 aliphatic heterocycles. The summed E-state index contributed by atoms with van der Waals surface area (Å²) in [6.07, 6.45) is 1.52. The molecule has 132 valence electrons. The molecule has 0 aliphatic carbocycles. The SMILES string of the molecule is O=C(CC1S/C(=N/N=C/c2ccc([N+](=O)[O-])cc2)NC1=O)c1cccs1. The summed E-state index contributed by atoms with van der Waals surface area (Å²) in [5, 5.41) is 22.6. The predicted molar refractivity (Wildman–Crippen MR) is 101 cm³/mol. The zero-order valence-electron chi connectivity index (χ0n) is 13.2. The van der Waals surface area contributed by atoms with Crippen molar-refractivity contribution in [3.63, 3.8) is 0 Å². The lowest BCUT2D eigenvalue weighted by molar-refractivity contribution is -0.384. The van der Waals surface area contributed by atoms with Crippen molar-refractivity contribution in [3.8, 4) is 0 Å². The van der Waals surface area contributed by atoms with Crippen LogP contribution in [-0.4, -0.2) is 33.2 Å². The van der Waals surface area contributed by atoms with Gasteiger partial charge in [0, 0.05) is 18.6 Å². The maximum absolute atomic E-state index is 12.1. The van der Waals surface area contributed by atoms with Gasteiger partial charge in [0.25, 0.3) is 5.69 Å². The second-order valence-electron chi connectivity index (χ2n) is 5.20. The summed E-state index contributed by atoms with van der Waals surface area (Å²) >= 11 is 2.50. The molecular weight excluding hydrogens is 376 g/mol. The normalized spacial score (nSPS) is 18.4. The minimum atomic E-state index is -0.530. The van der Waals surface area contributed by atoms with Gasteiger partial charge in [0.1, 0.15) is 0 Å². The monoisotopic (exact) mass is 388 g/mol. The Balaban J connectivity index is 1.59. The molecule has 1 fully saturated rings. The highest BCUT2D eigenvalue weighted by molar-refractivity contribution is 8.15. The molecule has 1 amide bonds. The number of thiophene rings is 1. The number of Topliss-reactive ketones (excluding diaryl/α,β-unsaturated/α-hetero) is 1. The van der Waals surface area contributed by atoms with Gasteiger partial charge in [-0.3, -0.25) is 19.7 Å². The van der Waals surface area contributed by atoms with E-state index >= 15 is 0 Å². The van der Waals surface area contributed by atoms with Gasteiger partial charge in [-0.05, 0) is 29.1 Å². The third-order valence-corrected chi connectivity index (χ3v) is 5.39. The lowest BCUT2D eigenvalue weighted by atomic mass is 10.2. The fourth-order valence-electron chi connectivity index (χ4n) is 2.12. The molecule has 0 radical (unpaired) electrons. The van der Waals surface area contributed by atoms with Crippen LogP contribution in [0.4, 0.5) is 5.69 Å². The number of nitro groups is 1. The number of thioether (sulfide) groups is 1. The molecule has 1 N–H and O–H groups in total. The maximum Gasteiger partial charge on any atom is 0.269 e. The van der Waals surface area contributed by atoms with Crippen LogP contribution in [0.5, 0.6) is 0 Å². The van der Waals surface area contributed by atoms with Crippen LogP contribution in [-0.2, 0) is 4.79 Å². The quantitative estimate of drug-likeness (QED) is 0.354. The highest BCUT2D eigenvalue weighted by Gasteiger charge is 2.32. The standard InChI is InChI=1S/C16H12N4O4S2/c21-12(13-2-1-7-25-13)8-14-15(22)18-16(26-14)19-17-9-10-3-5-11(6-4-10)20(23)24/h1-7,9,14H,8H2,(H,18,19,22)/b17-9+. The van der Waals surface area contributed by atoms with Crippen LogP contribution in [0.25, 0.3) is 0 Å². The predicted octanol–water partition coefficient (Wildman–Crippen LogP) is 2.85. The number of hydrogen-bond acceptors (Lipinski definition) is 8. The molecular formula is C16H12N4O4S2. The van der Waals surface area contributed by atoms with Crippen molar-refractivity contribution in [2.24, 2.45) is 10.2 Å². The molecule has 0 saturated carbocycles. The Hall–Kier alpha value is -2.85. The van der Waals surface area contributed by atoms with Gasteiger partial charge in [-0.1, -0.05) is 17.8 Å². The summed E-state index contributed by atoms with van der Waals surface area (Å²) in [7, 11) is 0. The van der Waals surface area contributed by atoms with Gasteiger partial charge in [0.05, 0.1) is 21.3 Å². The summed E-state index contributed by atoms with van der Waals surface area (Å²) in [5.74, 6) is -0.354. The van der Waals surface area contributed by atoms with Gasteiger partial charge in [-0.15, -0.1) is 16.4 Å². The van der Waals surface area contributed by atoms with E-state index in [0.717, 1.165) is 11.8 Å². The van der Waals surface area contributed by atoms with Gasteiger partial charge >= 0.3 is 0 Å². The third-order valence-electron chi connectivity index (χ3n) is 3.40. The summed E-state index contributed by atoms with van der Waals surface area (Å²) < 4.78 is 0. The minimum absolute atomic E-state index is 0.00896. The van der Waals surface area contributed by atoms with Crippen molar-refractivity contribution in [3.05, 3.63) is 62.3 Å². The Morgan fingerprint density at radius 3 is 2.73 bits per heavy atom. The average molecular weight is 388 g/mol. The van der Waals surface area contributed by atoms with E-state index in [9.17, 15) is 19.7 Å². The van der Waals surface area contributed by atoms with Crippen LogP contribution >= 0.6 is 23.1 Å². The van der Waals surface area contributed by atoms with Crippen molar-refractivity contribution >= 4 is 51.9 Å². The van der Waals surface area contributed by atoms with Crippen LogP contribution in [0.15, 0.2) is 52.0 Å². The largest absolute Gasteiger partial charge is 0.303 e. The summed E-state index contributed by atoms with van der Waals surface area (Å²) in [4.78, 5) is 34.8. The van der Waals surface area contributed by atoms with Gasteiger partial charge in [0.2, 0.25) is 5.91 Å². The topological polar surface area (TPSA) is 114 Å². The number of non-ortho nitro benzene ring substituents is 1. The van der Waals surface area contributed by atoms with E-state index in [1.54, 1.807) is 24.3 Å². The highest BCUT2D eigenvalue weighted by atomic mass is 32.2. The number of nitro benzene ring substituents is 1. The van der Waals surface area contributed by atoms with E-state index in [1.807, 2.05) is 5.38 Å². The third kappa shape index (κ3) is 4.41. The van der Waals surface area contributed by atoms with Crippen LogP contribution < -0.4 is 5.32 Å². The van der Waals surface area contributed by atoms with Crippen LogP contribution in [0, 0.1) is 10.1 Å². The molecule has 2 aromatic rings. The summed E-state index contributed by atoms with van der Waals surface area (Å²) in [6.45, 7) is 0. The first-order chi connectivity index (χ1) is 12.5. The molecule has 8 nitrogen and oxygen atoms in total. The van der Waals surface area contributed by atoms with E-state index in [-0.39, 0.29) is 23.8 Å². The van der Waals surface area contributed by atoms with Crippen molar-refractivity contribution in [2.75, 3.05) is 0 Å². The number of amidine groups is 1. The molecule has 1 aliphatic rings. The molecule has 1 atom stereocenters. The van der Waals surface area contributed by atoms with E-state index in [1.165, 1.54) is 29.7 Å². The Labute approximate surface area is 156 Å². The maximum atomic E-state index is 12.1. The van der Waals surface area contributed by atoms with Crippen LogP contribution in [0.3, 0.4) is 0 Å². The van der Waals surface area contributed by atoms with Gasteiger partial charge in [-0.25, -0.2) is 0 Å². The minimum Gasteiger partial charge on any atom is -0.303 e. The fraction of sp³-hybridized carbons (Fsp3) is 0.125. The molecule has 1 unspecified atom stereocenters. The van der Waals surface area contributed by atoms with Gasteiger partial charge < -0.3 is 5.32 Å². The molecule has 3 rings (SSSR count). The number of rotatable bonds is 6. The average Bonchev–Trinajstić information content (AvgIpc) is 3.26. The first kappa shape index (κ1) is 18.0. The van der Waals surface area contributed by atoms with Gasteiger partial charge in [0.15, 0.2) is 11.0 Å². The first-order valence-electron chi connectivity index (χ1n) is 7.42. The van der Waals surface area contributed by atoms with Crippen molar-refractivity contribution in [1.82, 2.24) is 5.32 Å². The van der Waals surface area contributed by atoms with E-state index in [0.29, 0.717) is 15.6 Å². The Kier molecular flexibility index (Phi) is 5.54. The van der Waals surface area contributed by atoms with E-state index in [4.69, 9.17) is 0 Å². The number of carbonyl (C=O) groups excluding carboxylic acids is 2. The zero-order valence-corrected chi connectivity index (χ0v) is 14.8. The number of hydrogen-bond donors (Lipinski definition) is 1. The first-order valence-corrected chi connectivity index (χ1v) is 9.18. The smallest absolute Gasteiger partial charge is 0.269 e. The number of ketones is 1. The lowest BCUT2D eigenvalue weighted by Gasteiger charge is -2.02.